The smallest absolute Gasteiger partial charge is 0.325 e. The van der Waals surface area contributed by atoms with Crippen LogP contribution in [-0.4, -0.2) is 241 Å². The molecule has 0 aliphatic rings. The highest BCUT2D eigenvalue weighted by atomic mass is 16.4. The molecule has 0 aliphatic heterocycles. The van der Waals surface area contributed by atoms with Gasteiger partial charge in [0.25, 0.3) is 0 Å². The van der Waals surface area contributed by atoms with Crippen molar-refractivity contribution in [2.75, 3.05) is 32.7 Å². The summed E-state index contributed by atoms with van der Waals surface area (Å²) in [5, 5.41) is 51.7. The van der Waals surface area contributed by atoms with E-state index in [2.05, 4.69) is 85.1 Å². The Balaban J connectivity index is 6.67. The zero-order chi connectivity index (χ0) is 94.8. The van der Waals surface area contributed by atoms with E-state index in [9.17, 15) is 86.6 Å². The number of carboxylic acids is 1. The average molecular weight is 1760 g/mol. The number of hydrogen-bond donors (Lipinski definition) is 23. The van der Waals surface area contributed by atoms with Crippen molar-refractivity contribution in [1.82, 2.24) is 85.1 Å². The third-order valence-corrected chi connectivity index (χ3v) is 20.2. The lowest BCUT2D eigenvalue weighted by atomic mass is 10.00. The molecule has 40 nitrogen and oxygen atoms in total. The summed E-state index contributed by atoms with van der Waals surface area (Å²) < 4.78 is 0. The molecule has 29 N–H and O–H groups in total. The maximum Gasteiger partial charge on any atom is 0.325 e. The van der Waals surface area contributed by atoms with Gasteiger partial charge in [-0.1, -0.05) is 89.5 Å². The maximum absolute atomic E-state index is 14.5. The first-order valence-corrected chi connectivity index (χ1v) is 44.4. The lowest BCUT2D eigenvalue weighted by Gasteiger charge is -2.28. The lowest BCUT2D eigenvalue weighted by Crippen LogP contribution is -2.60. The number of rotatable bonds is 65. The summed E-state index contributed by atoms with van der Waals surface area (Å²) in [7, 11) is 0. The van der Waals surface area contributed by atoms with Gasteiger partial charge in [-0.3, -0.25) is 81.5 Å². The molecule has 0 bridgehead atoms. The molecule has 124 heavy (non-hydrogen) atoms. The normalized spacial score (nSPS) is 15.6. The molecule has 0 spiro atoms. The van der Waals surface area contributed by atoms with Crippen LogP contribution in [0.4, 0.5) is 0 Å². The SMILES string of the molecule is CC(C)C[C@H](NC(=O)[C@H](C)NC(=O)[C@H](CCCCN)NC(=O)[C@H](CC(C)C)NC(=O)[C@H](C)NC(=O)[C@H](CC(C)C)NC(=O)[C@H](CCCCN)NC(=O)[C@H](CC(C)C)NC(=O)[C@H](C)NC(=O)[C@H](CC(C)C)NC(=O)[C@@H](N)CCCCN)C(=O)N[C@@H](CCCCN)C(=O)N[C@@H](C)C(=O)N[C@@H](C)C(=O)N[C@@H](CCCCN)C(=O)N[C@@H](CC(C)C)C(=O)N[C@@H](C)C(=O)O. The van der Waals surface area contributed by atoms with Gasteiger partial charge in [0, 0.05) is 0 Å². The molecule has 0 aromatic heterocycles. The van der Waals surface area contributed by atoms with Crippen LogP contribution in [0.2, 0.25) is 0 Å². The van der Waals surface area contributed by atoms with E-state index < -0.39 is 203 Å². The van der Waals surface area contributed by atoms with Crippen LogP contribution in [0.1, 0.15) is 259 Å². The van der Waals surface area contributed by atoms with Crippen molar-refractivity contribution in [3.63, 3.8) is 0 Å². The third-order valence-electron chi connectivity index (χ3n) is 20.2. The van der Waals surface area contributed by atoms with Crippen molar-refractivity contribution in [3.05, 3.63) is 0 Å². The largest absolute Gasteiger partial charge is 0.480 e. The molecule has 0 unspecified atom stereocenters. The number of amides is 16. The fraction of sp³-hybridized carbons (Fsp3) is 0.798. The fourth-order valence-electron chi connectivity index (χ4n) is 13.0. The number of carboxylic acid groups (broad SMARTS) is 1. The predicted octanol–water partition coefficient (Wildman–Crippen LogP) is -1.80. The van der Waals surface area contributed by atoms with Crippen LogP contribution in [-0.2, 0) is 81.5 Å². The highest BCUT2D eigenvalue weighted by molar-refractivity contribution is 6.01. The van der Waals surface area contributed by atoms with Gasteiger partial charge in [-0.15, -0.1) is 0 Å². The Labute approximate surface area is 733 Å². The highest BCUT2D eigenvalue weighted by Gasteiger charge is 2.38. The van der Waals surface area contributed by atoms with Crippen molar-refractivity contribution in [2.24, 2.45) is 69.9 Å². The molecule has 0 aliphatic carbocycles. The summed E-state index contributed by atoms with van der Waals surface area (Å²) in [6, 6.07) is -21.0. The van der Waals surface area contributed by atoms with Gasteiger partial charge in [-0.2, -0.15) is 0 Å². The first kappa shape index (κ1) is 115. The number of nitrogens with one attached hydrogen (secondary N) is 16. The van der Waals surface area contributed by atoms with E-state index in [1.165, 1.54) is 41.5 Å². The van der Waals surface area contributed by atoms with Gasteiger partial charge >= 0.3 is 5.97 Å². The first-order chi connectivity index (χ1) is 58.1. The van der Waals surface area contributed by atoms with Crippen LogP contribution >= 0.6 is 0 Å². The predicted molar refractivity (Wildman–Crippen MR) is 472 cm³/mol. The standard InChI is InChI=1S/C84H158N22O18/c1-45(2)39-62(104-73(112)57(90)29-19-24-34-85)78(117)94-54(16)71(110)103-67(44-50(11)12)83(122)100-61(33-23-28-38-89)77(116)105-63(40-46(3)4)79(118)95-55(17)72(111)102-66(43-49(9)10)82(121)99-59(31-21-26-36-87)75(114)93-53(15)70(109)101-65(42-48(7)8)81(120)98-58(30-20-25-35-86)74(113)92-51(13)68(107)91-52(14)69(108)97-60(32-22-27-37-88)76(115)106-64(41-47(5)6)80(119)96-56(18)84(123)124/h45-67H,19-44,85-90H2,1-18H3,(H,91,107)(H,92,113)(H,93,114)(H,94,117)(H,95,118)(H,96,119)(H,97,108)(H,98,120)(H,99,121)(H,100,122)(H,101,109)(H,102,111)(H,103,110)(H,104,112)(H,105,116)(H,106,115)(H,123,124)/t51-,52-,53-,54-,55-,56-,57-,58-,59-,60-,61-,62-,63-,64-,65-,66-,67-/m0/s1. The Hall–Kier alpha value is -9.25. The summed E-state index contributed by atoms with van der Waals surface area (Å²) in [4.78, 5) is 235. The zero-order valence-corrected chi connectivity index (χ0v) is 77.0. The van der Waals surface area contributed by atoms with Gasteiger partial charge in [-0.05, 0) is 238 Å². The van der Waals surface area contributed by atoms with Gasteiger partial charge in [0.2, 0.25) is 94.5 Å². The zero-order valence-electron chi connectivity index (χ0n) is 77.0. The summed E-state index contributed by atoms with van der Waals surface area (Å²) >= 11 is 0. The Morgan fingerprint density at radius 1 is 0.194 bits per heavy atom. The summed E-state index contributed by atoms with van der Waals surface area (Å²) in [6.45, 7) is 31.2. The van der Waals surface area contributed by atoms with E-state index in [4.69, 9.17) is 34.4 Å². The Kier molecular flexibility index (Phi) is 57.4. The summed E-state index contributed by atoms with van der Waals surface area (Å²) in [6.07, 6.45) is 5.63. The molecule has 0 aromatic rings. The number of hydrogen-bond acceptors (Lipinski definition) is 23. The van der Waals surface area contributed by atoms with Crippen LogP contribution in [0.15, 0.2) is 0 Å². The topological polar surface area (TPSA) is 659 Å². The molecular weight excluding hydrogens is 1610 g/mol. The third kappa shape index (κ3) is 47.7. The molecule has 0 aromatic carbocycles. The number of aliphatic carboxylic acids is 1. The number of nitrogens with two attached hydrogens (primary N) is 6. The molecule has 0 saturated carbocycles. The van der Waals surface area contributed by atoms with Crippen molar-refractivity contribution in [1.29, 1.82) is 0 Å². The van der Waals surface area contributed by atoms with Crippen molar-refractivity contribution < 1.29 is 86.6 Å². The molecule has 0 radical (unpaired) electrons. The Bertz CT molecular complexity index is 3370. The van der Waals surface area contributed by atoms with E-state index in [1.54, 1.807) is 55.4 Å². The van der Waals surface area contributed by atoms with Gasteiger partial charge in [0.05, 0.1) is 6.04 Å². The number of carbonyl (C=O) groups is 17. The number of carbonyl (C=O) groups excluding carboxylic acids is 16. The Morgan fingerprint density at radius 3 is 0.548 bits per heavy atom. The van der Waals surface area contributed by atoms with Gasteiger partial charge in [0.1, 0.15) is 96.7 Å². The minimum atomic E-state index is -1.35. The second-order valence-corrected chi connectivity index (χ2v) is 35.1. The van der Waals surface area contributed by atoms with E-state index in [0.29, 0.717) is 77.2 Å². The minimum absolute atomic E-state index is 0.0185. The molecule has 0 heterocycles. The van der Waals surface area contributed by atoms with Crippen molar-refractivity contribution in [2.45, 2.75) is 362 Å². The number of unbranched alkanes of at least 4 members (excludes halogenated alkanes) is 5. The Morgan fingerprint density at radius 2 is 0.339 bits per heavy atom. The molecule has 16 amide bonds. The van der Waals surface area contributed by atoms with Crippen molar-refractivity contribution >= 4 is 100 Å². The molecule has 0 fully saturated rings. The first-order valence-electron chi connectivity index (χ1n) is 44.4. The van der Waals surface area contributed by atoms with Crippen LogP contribution < -0.4 is 119 Å². The van der Waals surface area contributed by atoms with E-state index in [-0.39, 0.29) is 126 Å². The maximum atomic E-state index is 14.5. The molecular formula is C84H158N22O18. The minimum Gasteiger partial charge on any atom is -0.480 e. The van der Waals surface area contributed by atoms with E-state index in [0.717, 1.165) is 0 Å². The van der Waals surface area contributed by atoms with Crippen LogP contribution in [0.25, 0.3) is 0 Å². The van der Waals surface area contributed by atoms with Crippen LogP contribution in [0, 0.1) is 35.5 Å². The molecule has 17 atom stereocenters. The summed E-state index contributed by atoms with van der Waals surface area (Å²) in [5.74, 6) is -14.4. The monoisotopic (exact) mass is 1760 g/mol. The molecule has 0 saturated heterocycles. The quantitative estimate of drug-likeness (QED) is 0.0299. The lowest BCUT2D eigenvalue weighted by molar-refractivity contribution is -0.142. The van der Waals surface area contributed by atoms with Gasteiger partial charge < -0.3 is 125 Å². The molecule has 40 heteroatoms. The van der Waals surface area contributed by atoms with Crippen LogP contribution in [0.5, 0.6) is 0 Å². The van der Waals surface area contributed by atoms with E-state index in [1.807, 2.05) is 27.7 Å². The second kappa shape index (κ2) is 62.0. The van der Waals surface area contributed by atoms with Crippen LogP contribution in [0.3, 0.4) is 0 Å². The highest BCUT2D eigenvalue weighted by Crippen LogP contribution is 2.17. The second-order valence-electron chi connectivity index (χ2n) is 35.1. The summed E-state index contributed by atoms with van der Waals surface area (Å²) in [5.41, 5.74) is 34.9. The molecule has 712 valence electrons. The van der Waals surface area contributed by atoms with E-state index >= 15 is 0 Å². The van der Waals surface area contributed by atoms with Gasteiger partial charge in [0.15, 0.2) is 0 Å². The molecule has 0 rings (SSSR count). The fourth-order valence-corrected chi connectivity index (χ4v) is 13.0. The van der Waals surface area contributed by atoms with Gasteiger partial charge in [-0.25, -0.2) is 0 Å². The average Bonchev–Trinajstić information content (AvgIpc) is 0.857. The van der Waals surface area contributed by atoms with Crippen molar-refractivity contribution in [3.8, 4) is 0 Å².